The van der Waals surface area contributed by atoms with Crippen LogP contribution in [0.25, 0.3) is 10.9 Å². The summed E-state index contributed by atoms with van der Waals surface area (Å²) in [6, 6.07) is 22.3. The van der Waals surface area contributed by atoms with E-state index in [1.54, 1.807) is 18.3 Å². The Kier molecular flexibility index (Phi) is 5.89. The van der Waals surface area contributed by atoms with Crippen LogP contribution in [0.15, 0.2) is 84.1 Å². The normalized spacial score (nSPS) is 13.8. The highest BCUT2D eigenvalue weighted by Gasteiger charge is 2.13. The zero-order valence-corrected chi connectivity index (χ0v) is 18.2. The summed E-state index contributed by atoms with van der Waals surface area (Å²) in [5.41, 5.74) is 6.78. The van der Waals surface area contributed by atoms with Gasteiger partial charge in [0, 0.05) is 52.6 Å². The minimum atomic E-state index is -0.255. The Hall–Kier alpha value is -3.93. The van der Waals surface area contributed by atoms with Gasteiger partial charge in [0.25, 0.3) is 5.91 Å². The Labute approximate surface area is 192 Å². The minimum Gasteiger partial charge on any atom is -0.372 e. The Bertz CT molecular complexity index is 1300. The zero-order valence-electron chi connectivity index (χ0n) is 18.2. The van der Waals surface area contributed by atoms with Crippen molar-refractivity contribution >= 4 is 28.7 Å². The number of nitrogens with zero attached hydrogens (tertiary/aromatic N) is 3. The highest BCUT2D eigenvalue weighted by molar-refractivity contribution is 6.00. The van der Waals surface area contributed by atoms with E-state index in [1.807, 2.05) is 65.4 Å². The number of hydrogen-bond donors (Lipinski definition) is 1. The number of hydrazone groups is 1. The van der Waals surface area contributed by atoms with Crippen molar-refractivity contribution in [2.45, 2.75) is 19.4 Å². The lowest BCUT2D eigenvalue weighted by atomic mass is 10.2. The first-order valence-electron chi connectivity index (χ1n) is 11.2. The number of hydrogen-bond acceptors (Lipinski definition) is 3. The molecule has 3 aromatic carbocycles. The standard InChI is InChI=1S/C27H25FN4O/c28-25-9-3-1-7-21(25)18-32-19-22(24-8-2-4-10-26(24)32)17-29-30-27(33)20-11-13-23(14-12-20)31-15-5-6-16-31/h1-4,7-14,17,19H,5-6,15-16,18H2,(H,30,33)/b29-17-. The van der Waals surface area contributed by atoms with E-state index in [0.29, 0.717) is 17.7 Å². The van der Waals surface area contributed by atoms with Gasteiger partial charge in [-0.15, -0.1) is 0 Å². The molecule has 1 aliphatic heterocycles. The Morgan fingerprint density at radius 3 is 2.48 bits per heavy atom. The molecule has 1 saturated heterocycles. The van der Waals surface area contributed by atoms with Crippen molar-refractivity contribution in [2.24, 2.45) is 5.10 Å². The number of halogens is 1. The van der Waals surface area contributed by atoms with Crippen LogP contribution in [0.5, 0.6) is 0 Å². The van der Waals surface area contributed by atoms with Crippen molar-refractivity contribution in [1.29, 1.82) is 0 Å². The third-order valence-electron chi connectivity index (χ3n) is 6.09. The summed E-state index contributed by atoms with van der Waals surface area (Å²) in [7, 11) is 0. The van der Waals surface area contributed by atoms with Gasteiger partial charge in [0.1, 0.15) is 5.82 Å². The SMILES string of the molecule is O=C(N/N=C\c1cn(Cc2ccccc2F)c2ccccc12)c1ccc(N2CCCC2)cc1. The second-order valence-corrected chi connectivity index (χ2v) is 8.26. The maximum atomic E-state index is 14.2. The molecule has 0 radical (unpaired) electrons. The van der Waals surface area contributed by atoms with Gasteiger partial charge < -0.3 is 9.47 Å². The maximum absolute atomic E-state index is 14.2. The fraction of sp³-hybridized carbons (Fsp3) is 0.185. The summed E-state index contributed by atoms with van der Waals surface area (Å²) in [6.07, 6.45) is 6.00. The lowest BCUT2D eigenvalue weighted by Crippen LogP contribution is -2.19. The van der Waals surface area contributed by atoms with Crippen molar-refractivity contribution in [2.75, 3.05) is 18.0 Å². The molecule has 33 heavy (non-hydrogen) atoms. The molecule has 1 fully saturated rings. The molecule has 0 atom stereocenters. The molecule has 2 heterocycles. The monoisotopic (exact) mass is 440 g/mol. The number of carbonyl (C=O) groups is 1. The van der Waals surface area contributed by atoms with Gasteiger partial charge in [-0.2, -0.15) is 5.10 Å². The second kappa shape index (κ2) is 9.28. The predicted octanol–water partition coefficient (Wildman–Crippen LogP) is 5.19. The molecule has 1 N–H and O–H groups in total. The molecule has 6 heteroatoms. The van der Waals surface area contributed by atoms with Gasteiger partial charge in [-0.3, -0.25) is 4.79 Å². The number of para-hydroxylation sites is 1. The van der Waals surface area contributed by atoms with E-state index in [9.17, 15) is 9.18 Å². The highest BCUT2D eigenvalue weighted by Crippen LogP contribution is 2.22. The summed E-state index contributed by atoms with van der Waals surface area (Å²) in [6.45, 7) is 2.55. The molecular formula is C27H25FN4O. The van der Waals surface area contributed by atoms with Crippen LogP contribution in [0, 0.1) is 5.82 Å². The molecule has 4 aromatic rings. The van der Waals surface area contributed by atoms with Crippen LogP contribution in [0.4, 0.5) is 10.1 Å². The Balaban J connectivity index is 1.31. The highest BCUT2D eigenvalue weighted by atomic mass is 19.1. The number of carbonyl (C=O) groups excluding carboxylic acids is 1. The van der Waals surface area contributed by atoms with Gasteiger partial charge in [-0.05, 0) is 49.2 Å². The van der Waals surface area contributed by atoms with Crippen LogP contribution < -0.4 is 10.3 Å². The third-order valence-corrected chi connectivity index (χ3v) is 6.09. The lowest BCUT2D eigenvalue weighted by Gasteiger charge is -2.17. The topological polar surface area (TPSA) is 49.6 Å². The number of benzene rings is 3. The quantitative estimate of drug-likeness (QED) is 0.331. The molecule has 166 valence electrons. The summed E-state index contributed by atoms with van der Waals surface area (Å²) >= 11 is 0. The van der Waals surface area contributed by atoms with Gasteiger partial charge in [-0.25, -0.2) is 9.82 Å². The molecule has 5 nitrogen and oxygen atoms in total. The first kappa shape index (κ1) is 20.9. The van der Waals surface area contributed by atoms with Crippen molar-refractivity contribution in [1.82, 2.24) is 9.99 Å². The molecule has 1 aromatic heterocycles. The van der Waals surface area contributed by atoms with Crippen molar-refractivity contribution in [3.63, 3.8) is 0 Å². The Morgan fingerprint density at radius 1 is 0.970 bits per heavy atom. The molecule has 0 bridgehead atoms. The first-order chi connectivity index (χ1) is 16.2. The molecule has 0 saturated carbocycles. The van der Waals surface area contributed by atoms with Crippen molar-refractivity contribution in [3.8, 4) is 0 Å². The Morgan fingerprint density at radius 2 is 1.70 bits per heavy atom. The first-order valence-corrected chi connectivity index (χ1v) is 11.2. The minimum absolute atomic E-state index is 0.228. The van der Waals surface area contributed by atoms with Crippen LogP contribution in [0.3, 0.4) is 0 Å². The van der Waals surface area contributed by atoms with Gasteiger partial charge >= 0.3 is 0 Å². The van der Waals surface area contributed by atoms with Crippen LogP contribution in [0.2, 0.25) is 0 Å². The third kappa shape index (κ3) is 4.51. The van der Waals surface area contributed by atoms with Crippen LogP contribution in [-0.4, -0.2) is 29.8 Å². The summed E-state index contributed by atoms with van der Waals surface area (Å²) in [5, 5.41) is 5.17. The van der Waals surface area contributed by atoms with Gasteiger partial charge in [0.15, 0.2) is 0 Å². The van der Waals surface area contributed by atoms with E-state index < -0.39 is 0 Å². The number of aromatic nitrogens is 1. The lowest BCUT2D eigenvalue weighted by molar-refractivity contribution is 0.0955. The van der Waals surface area contributed by atoms with Gasteiger partial charge in [0.05, 0.1) is 12.8 Å². The van der Waals surface area contributed by atoms with Crippen LogP contribution in [-0.2, 0) is 6.54 Å². The smallest absolute Gasteiger partial charge is 0.271 e. The summed E-state index contributed by atoms with van der Waals surface area (Å²) in [4.78, 5) is 14.9. The van der Waals surface area contributed by atoms with E-state index in [2.05, 4.69) is 15.4 Å². The molecular weight excluding hydrogens is 415 g/mol. The fourth-order valence-corrected chi connectivity index (χ4v) is 4.34. The van der Waals surface area contributed by atoms with Gasteiger partial charge in [0.2, 0.25) is 0 Å². The van der Waals surface area contributed by atoms with E-state index in [-0.39, 0.29) is 11.7 Å². The molecule has 1 aliphatic rings. The number of nitrogens with one attached hydrogen (secondary N) is 1. The van der Waals surface area contributed by atoms with Gasteiger partial charge in [-0.1, -0.05) is 36.4 Å². The molecule has 1 amide bonds. The van der Waals surface area contributed by atoms with Crippen LogP contribution >= 0.6 is 0 Å². The van der Waals surface area contributed by atoms with E-state index in [0.717, 1.165) is 35.2 Å². The number of fused-ring (bicyclic) bond motifs is 1. The van der Waals surface area contributed by atoms with Crippen molar-refractivity contribution < 1.29 is 9.18 Å². The zero-order chi connectivity index (χ0) is 22.6. The van der Waals surface area contributed by atoms with Crippen LogP contribution in [0.1, 0.15) is 34.3 Å². The maximum Gasteiger partial charge on any atom is 0.271 e. The number of anilines is 1. The summed E-state index contributed by atoms with van der Waals surface area (Å²) < 4.78 is 16.2. The van der Waals surface area contributed by atoms with E-state index >= 15 is 0 Å². The molecule has 0 aliphatic carbocycles. The number of amides is 1. The fourth-order valence-electron chi connectivity index (χ4n) is 4.34. The number of rotatable bonds is 6. The van der Waals surface area contributed by atoms with E-state index in [4.69, 9.17) is 0 Å². The van der Waals surface area contributed by atoms with Crippen molar-refractivity contribution in [3.05, 3.63) is 102 Å². The largest absolute Gasteiger partial charge is 0.372 e. The molecule has 0 unspecified atom stereocenters. The average molecular weight is 441 g/mol. The van der Waals surface area contributed by atoms with E-state index in [1.165, 1.54) is 18.9 Å². The molecule has 0 spiro atoms. The second-order valence-electron chi connectivity index (χ2n) is 8.26. The summed E-state index contributed by atoms with van der Waals surface area (Å²) in [5.74, 6) is -0.483. The predicted molar refractivity (Wildman–Crippen MR) is 130 cm³/mol. The average Bonchev–Trinajstić information content (AvgIpc) is 3.50. The molecule has 5 rings (SSSR count).